The Morgan fingerprint density at radius 2 is 1.81 bits per heavy atom. The molecular formula is C20H20Br2N2O3. The summed E-state index contributed by atoms with van der Waals surface area (Å²) in [6.07, 6.45) is 1.90. The van der Waals surface area contributed by atoms with E-state index >= 15 is 0 Å². The van der Waals surface area contributed by atoms with Gasteiger partial charge in [0.1, 0.15) is 5.75 Å². The minimum atomic E-state index is -0.271. The lowest BCUT2D eigenvalue weighted by Gasteiger charge is -2.13. The molecule has 0 heterocycles. The number of carbonyl (C=O) groups is 2. The number of nitrogens with one attached hydrogen (secondary N) is 2. The van der Waals surface area contributed by atoms with Gasteiger partial charge in [-0.15, -0.1) is 0 Å². The van der Waals surface area contributed by atoms with E-state index in [4.69, 9.17) is 4.74 Å². The van der Waals surface area contributed by atoms with Gasteiger partial charge in [-0.1, -0.05) is 22.0 Å². The highest BCUT2D eigenvalue weighted by molar-refractivity contribution is 9.11. The Balaban J connectivity index is 1.61. The summed E-state index contributed by atoms with van der Waals surface area (Å²) in [6.45, 7) is 3.72. The molecule has 0 atom stereocenters. The number of ether oxygens (including phenoxy) is 1. The fourth-order valence-electron chi connectivity index (χ4n) is 2.62. The lowest BCUT2D eigenvalue weighted by Crippen LogP contribution is -2.21. The molecule has 2 amide bonds. The van der Waals surface area contributed by atoms with Crippen LogP contribution in [0.2, 0.25) is 0 Å². The van der Waals surface area contributed by atoms with E-state index in [1.54, 1.807) is 12.1 Å². The van der Waals surface area contributed by atoms with Gasteiger partial charge in [0.2, 0.25) is 5.91 Å². The van der Waals surface area contributed by atoms with E-state index in [-0.39, 0.29) is 24.3 Å². The lowest BCUT2D eigenvalue weighted by molar-refractivity contribution is -0.118. The Kier molecular flexibility index (Phi) is 6.22. The second-order valence-electron chi connectivity index (χ2n) is 6.66. The van der Waals surface area contributed by atoms with Crippen molar-refractivity contribution >= 4 is 55.0 Å². The van der Waals surface area contributed by atoms with Crippen molar-refractivity contribution in [2.75, 3.05) is 17.2 Å². The van der Waals surface area contributed by atoms with E-state index in [2.05, 4.69) is 42.5 Å². The van der Waals surface area contributed by atoms with E-state index in [0.29, 0.717) is 11.4 Å². The van der Waals surface area contributed by atoms with Crippen molar-refractivity contribution in [3.05, 3.63) is 50.4 Å². The maximum absolute atomic E-state index is 12.3. The number of anilines is 2. The summed E-state index contributed by atoms with van der Waals surface area (Å²) >= 11 is 6.86. The third kappa shape index (κ3) is 5.32. The summed E-state index contributed by atoms with van der Waals surface area (Å²) < 4.78 is 7.38. The predicted molar refractivity (Wildman–Crippen MR) is 113 cm³/mol. The van der Waals surface area contributed by atoms with Crippen LogP contribution >= 0.6 is 31.9 Å². The van der Waals surface area contributed by atoms with Gasteiger partial charge in [0, 0.05) is 21.8 Å². The molecule has 0 aromatic heterocycles. The van der Waals surface area contributed by atoms with Crippen LogP contribution in [0.25, 0.3) is 0 Å². The summed E-state index contributed by atoms with van der Waals surface area (Å²) in [5, 5.41) is 5.74. The first-order chi connectivity index (χ1) is 12.8. The van der Waals surface area contributed by atoms with E-state index in [0.717, 1.165) is 38.6 Å². The average molecular weight is 496 g/mol. The Morgan fingerprint density at radius 3 is 2.48 bits per heavy atom. The second-order valence-corrected chi connectivity index (χ2v) is 8.43. The maximum atomic E-state index is 12.3. The molecule has 1 fully saturated rings. The number of aryl methyl sites for hydroxylation is 2. The van der Waals surface area contributed by atoms with Gasteiger partial charge in [0.15, 0.2) is 6.61 Å². The van der Waals surface area contributed by atoms with Crippen LogP contribution < -0.4 is 15.4 Å². The van der Waals surface area contributed by atoms with Gasteiger partial charge in [-0.05, 0) is 78.0 Å². The molecule has 2 aromatic rings. The molecule has 1 aliphatic carbocycles. The monoisotopic (exact) mass is 494 g/mol. The molecule has 27 heavy (non-hydrogen) atoms. The summed E-state index contributed by atoms with van der Waals surface area (Å²) in [4.78, 5) is 24.2. The molecule has 7 heteroatoms. The van der Waals surface area contributed by atoms with Crippen LogP contribution in [-0.2, 0) is 9.59 Å². The predicted octanol–water partition coefficient (Wildman–Crippen LogP) is 5.19. The largest absolute Gasteiger partial charge is 0.482 e. The van der Waals surface area contributed by atoms with Crippen molar-refractivity contribution in [2.45, 2.75) is 26.7 Å². The number of carbonyl (C=O) groups excluding carboxylic acids is 2. The molecule has 0 bridgehead atoms. The fourth-order valence-corrected chi connectivity index (χ4v) is 4.17. The summed E-state index contributed by atoms with van der Waals surface area (Å²) in [5.74, 6) is 0.534. The molecule has 0 saturated heterocycles. The molecule has 0 unspecified atom stereocenters. The maximum Gasteiger partial charge on any atom is 0.262 e. The highest BCUT2D eigenvalue weighted by atomic mass is 79.9. The van der Waals surface area contributed by atoms with E-state index in [9.17, 15) is 9.59 Å². The average Bonchev–Trinajstić information content (AvgIpc) is 3.42. The molecule has 1 saturated carbocycles. The van der Waals surface area contributed by atoms with E-state index in [1.807, 2.05) is 32.0 Å². The zero-order valence-electron chi connectivity index (χ0n) is 15.1. The zero-order valence-corrected chi connectivity index (χ0v) is 18.2. The molecule has 1 aliphatic rings. The smallest absolute Gasteiger partial charge is 0.262 e. The molecule has 2 N–H and O–H groups in total. The van der Waals surface area contributed by atoms with Crippen LogP contribution in [0.5, 0.6) is 5.75 Å². The van der Waals surface area contributed by atoms with Crippen molar-refractivity contribution in [1.82, 2.24) is 0 Å². The SMILES string of the molecule is Cc1ccc(NC(=O)COc2c(C)cc(Br)cc2Br)cc1NC(=O)C1CC1. The lowest BCUT2D eigenvalue weighted by atomic mass is 10.1. The number of halogens is 2. The van der Waals surface area contributed by atoms with Gasteiger partial charge in [0.05, 0.1) is 4.47 Å². The van der Waals surface area contributed by atoms with Crippen molar-refractivity contribution < 1.29 is 14.3 Å². The Hall–Kier alpha value is -1.86. The van der Waals surface area contributed by atoms with Gasteiger partial charge in [0.25, 0.3) is 5.91 Å². The third-order valence-electron chi connectivity index (χ3n) is 4.27. The van der Waals surface area contributed by atoms with E-state index in [1.165, 1.54) is 0 Å². The second kappa shape index (κ2) is 8.44. The first-order valence-corrected chi connectivity index (χ1v) is 10.2. The highest BCUT2D eigenvalue weighted by Crippen LogP contribution is 2.33. The van der Waals surface area contributed by atoms with Gasteiger partial charge in [-0.2, -0.15) is 0 Å². The van der Waals surface area contributed by atoms with Crippen LogP contribution in [0, 0.1) is 19.8 Å². The third-order valence-corrected chi connectivity index (χ3v) is 5.32. The zero-order chi connectivity index (χ0) is 19.6. The van der Waals surface area contributed by atoms with Gasteiger partial charge >= 0.3 is 0 Å². The van der Waals surface area contributed by atoms with Gasteiger partial charge in [-0.3, -0.25) is 9.59 Å². The molecule has 0 spiro atoms. The minimum absolute atomic E-state index is 0.0421. The molecule has 3 rings (SSSR count). The van der Waals surface area contributed by atoms with Crippen molar-refractivity contribution in [1.29, 1.82) is 0 Å². The minimum Gasteiger partial charge on any atom is -0.482 e. The Bertz CT molecular complexity index is 872. The van der Waals surface area contributed by atoms with Gasteiger partial charge < -0.3 is 15.4 Å². The van der Waals surface area contributed by atoms with Crippen LogP contribution in [0.15, 0.2) is 39.3 Å². The van der Waals surface area contributed by atoms with Crippen molar-refractivity contribution in [3.8, 4) is 5.75 Å². The van der Waals surface area contributed by atoms with E-state index < -0.39 is 0 Å². The fraction of sp³-hybridized carbons (Fsp3) is 0.300. The first kappa shape index (κ1) is 19.9. The number of benzene rings is 2. The number of hydrogen-bond donors (Lipinski definition) is 2. The van der Waals surface area contributed by atoms with Crippen LogP contribution in [0.1, 0.15) is 24.0 Å². The molecule has 0 radical (unpaired) electrons. The summed E-state index contributed by atoms with van der Waals surface area (Å²) in [7, 11) is 0. The quantitative estimate of drug-likeness (QED) is 0.579. The number of amides is 2. The first-order valence-electron chi connectivity index (χ1n) is 8.63. The Morgan fingerprint density at radius 1 is 1.07 bits per heavy atom. The van der Waals surface area contributed by atoms with Gasteiger partial charge in [-0.25, -0.2) is 0 Å². The van der Waals surface area contributed by atoms with Crippen LogP contribution in [0.4, 0.5) is 11.4 Å². The number of rotatable bonds is 6. The van der Waals surface area contributed by atoms with Crippen molar-refractivity contribution in [3.63, 3.8) is 0 Å². The molecule has 0 aliphatic heterocycles. The molecule has 5 nitrogen and oxygen atoms in total. The highest BCUT2D eigenvalue weighted by Gasteiger charge is 2.29. The Labute approximate surface area is 175 Å². The molecule has 142 valence electrons. The van der Waals surface area contributed by atoms with Crippen LogP contribution in [0.3, 0.4) is 0 Å². The van der Waals surface area contributed by atoms with Crippen molar-refractivity contribution in [2.24, 2.45) is 5.92 Å². The normalized spacial score (nSPS) is 13.2. The summed E-state index contributed by atoms with van der Waals surface area (Å²) in [5.41, 5.74) is 3.21. The molecule has 2 aromatic carbocycles. The summed E-state index contributed by atoms with van der Waals surface area (Å²) in [6, 6.07) is 9.24. The number of hydrogen-bond acceptors (Lipinski definition) is 3. The van der Waals surface area contributed by atoms with Crippen LogP contribution in [-0.4, -0.2) is 18.4 Å². The standard InChI is InChI=1S/C20H20Br2N2O3/c1-11-3-6-15(9-17(11)24-20(26)13-4-5-13)23-18(25)10-27-19-12(2)7-14(21)8-16(19)22/h3,6-9,13H,4-5,10H2,1-2H3,(H,23,25)(H,24,26). The molecular weight excluding hydrogens is 476 g/mol. The topological polar surface area (TPSA) is 67.4 Å².